The van der Waals surface area contributed by atoms with E-state index in [9.17, 15) is 18.3 Å². The SMILES string of the molecule is Cc1cccc(CNc2cc(-c3cccc(OC(F)(F)F)c3)nc(N[C@H](CO)C(C)C)n2)c1. The highest BCUT2D eigenvalue weighted by Crippen LogP contribution is 2.29. The summed E-state index contributed by atoms with van der Waals surface area (Å²) >= 11 is 0. The van der Waals surface area contributed by atoms with Crippen LogP contribution in [0.1, 0.15) is 25.0 Å². The van der Waals surface area contributed by atoms with Gasteiger partial charge >= 0.3 is 6.36 Å². The lowest BCUT2D eigenvalue weighted by Crippen LogP contribution is -2.30. The second-order valence-electron chi connectivity index (χ2n) is 8.06. The third-order valence-corrected chi connectivity index (χ3v) is 4.96. The number of alkyl halides is 3. The molecular formula is C24H27F3N4O2. The molecule has 0 fully saturated rings. The molecule has 1 aromatic heterocycles. The number of halogens is 3. The Kier molecular flexibility index (Phi) is 7.75. The van der Waals surface area contributed by atoms with Crippen molar-refractivity contribution < 1.29 is 23.0 Å². The Morgan fingerprint density at radius 1 is 1.03 bits per heavy atom. The molecule has 0 aliphatic rings. The second-order valence-corrected chi connectivity index (χ2v) is 8.06. The van der Waals surface area contributed by atoms with Gasteiger partial charge in [0.1, 0.15) is 11.6 Å². The van der Waals surface area contributed by atoms with Crippen molar-refractivity contribution in [3.8, 4) is 17.0 Å². The van der Waals surface area contributed by atoms with Gasteiger partial charge in [-0.25, -0.2) is 4.98 Å². The van der Waals surface area contributed by atoms with E-state index in [-0.39, 0.29) is 30.3 Å². The molecule has 3 rings (SSSR count). The van der Waals surface area contributed by atoms with Gasteiger partial charge in [-0.1, -0.05) is 55.8 Å². The van der Waals surface area contributed by atoms with Crippen LogP contribution < -0.4 is 15.4 Å². The van der Waals surface area contributed by atoms with Crippen LogP contribution in [-0.2, 0) is 6.54 Å². The van der Waals surface area contributed by atoms with E-state index in [2.05, 4.69) is 25.3 Å². The van der Waals surface area contributed by atoms with Gasteiger partial charge < -0.3 is 20.5 Å². The molecule has 1 heterocycles. The third kappa shape index (κ3) is 7.35. The fraction of sp³-hybridized carbons (Fsp3) is 0.333. The van der Waals surface area contributed by atoms with Crippen LogP contribution in [0.4, 0.5) is 24.9 Å². The number of hydrogen-bond acceptors (Lipinski definition) is 6. The number of ether oxygens (including phenoxy) is 1. The molecule has 3 aromatic rings. The molecule has 9 heteroatoms. The molecule has 0 spiro atoms. The predicted octanol–water partition coefficient (Wildman–Crippen LogP) is 5.39. The van der Waals surface area contributed by atoms with E-state index < -0.39 is 6.36 Å². The lowest BCUT2D eigenvalue weighted by atomic mass is 10.1. The molecule has 2 aromatic carbocycles. The summed E-state index contributed by atoms with van der Waals surface area (Å²) in [5, 5.41) is 16.0. The highest BCUT2D eigenvalue weighted by molar-refractivity contribution is 5.66. The van der Waals surface area contributed by atoms with Crippen molar-refractivity contribution in [2.24, 2.45) is 5.92 Å². The van der Waals surface area contributed by atoms with Crippen LogP contribution in [0.25, 0.3) is 11.3 Å². The van der Waals surface area contributed by atoms with Gasteiger partial charge in [-0.15, -0.1) is 13.2 Å². The van der Waals surface area contributed by atoms with Crippen LogP contribution in [0.2, 0.25) is 0 Å². The maximum atomic E-state index is 12.7. The van der Waals surface area contributed by atoms with E-state index >= 15 is 0 Å². The summed E-state index contributed by atoms with van der Waals surface area (Å²) in [6.07, 6.45) is -4.79. The van der Waals surface area contributed by atoms with Crippen molar-refractivity contribution in [2.75, 3.05) is 17.2 Å². The monoisotopic (exact) mass is 460 g/mol. The minimum absolute atomic E-state index is 0.106. The number of aryl methyl sites for hydroxylation is 1. The molecule has 3 N–H and O–H groups in total. The summed E-state index contributed by atoms with van der Waals surface area (Å²) in [7, 11) is 0. The molecule has 6 nitrogen and oxygen atoms in total. The van der Waals surface area contributed by atoms with Gasteiger partial charge in [-0.2, -0.15) is 4.98 Å². The number of nitrogens with zero attached hydrogens (tertiary/aromatic N) is 2. The van der Waals surface area contributed by atoms with Gasteiger partial charge in [-0.05, 0) is 30.5 Å². The molecule has 0 bridgehead atoms. The summed E-state index contributed by atoms with van der Waals surface area (Å²) in [4.78, 5) is 8.96. The normalized spacial score (nSPS) is 12.5. The first-order valence-electron chi connectivity index (χ1n) is 10.5. The minimum atomic E-state index is -4.79. The number of aliphatic hydroxyl groups is 1. The molecule has 0 saturated heterocycles. The Morgan fingerprint density at radius 2 is 1.79 bits per heavy atom. The van der Waals surface area contributed by atoms with Gasteiger partial charge in [0.05, 0.1) is 18.3 Å². The number of aromatic nitrogens is 2. The molecule has 33 heavy (non-hydrogen) atoms. The average molecular weight is 461 g/mol. The molecule has 176 valence electrons. The number of rotatable bonds is 9. The minimum Gasteiger partial charge on any atom is -0.406 e. The Morgan fingerprint density at radius 3 is 2.45 bits per heavy atom. The lowest BCUT2D eigenvalue weighted by Gasteiger charge is -2.21. The van der Waals surface area contributed by atoms with Crippen LogP contribution in [0, 0.1) is 12.8 Å². The number of benzene rings is 2. The van der Waals surface area contributed by atoms with Crippen LogP contribution in [0.15, 0.2) is 54.6 Å². The molecule has 0 unspecified atom stereocenters. The lowest BCUT2D eigenvalue weighted by molar-refractivity contribution is -0.274. The number of anilines is 2. The number of nitrogens with one attached hydrogen (secondary N) is 2. The highest BCUT2D eigenvalue weighted by atomic mass is 19.4. The van der Waals surface area contributed by atoms with Crippen molar-refractivity contribution in [2.45, 2.75) is 39.7 Å². The van der Waals surface area contributed by atoms with Crippen molar-refractivity contribution in [1.82, 2.24) is 9.97 Å². The van der Waals surface area contributed by atoms with E-state index in [1.54, 1.807) is 12.1 Å². The Bertz CT molecular complexity index is 1070. The topological polar surface area (TPSA) is 79.3 Å². The fourth-order valence-corrected chi connectivity index (χ4v) is 3.21. The summed E-state index contributed by atoms with van der Waals surface area (Å²) in [6, 6.07) is 15.0. The number of aliphatic hydroxyl groups excluding tert-OH is 1. The van der Waals surface area contributed by atoms with Crippen LogP contribution >= 0.6 is 0 Å². The van der Waals surface area contributed by atoms with E-state index in [1.165, 1.54) is 18.2 Å². The zero-order valence-electron chi connectivity index (χ0n) is 18.6. The zero-order valence-corrected chi connectivity index (χ0v) is 18.6. The van der Waals surface area contributed by atoms with Gasteiger partial charge in [0.25, 0.3) is 0 Å². The largest absolute Gasteiger partial charge is 0.573 e. The zero-order chi connectivity index (χ0) is 24.0. The summed E-state index contributed by atoms with van der Waals surface area (Å²) in [5.74, 6) is 0.521. The van der Waals surface area contributed by atoms with Crippen molar-refractivity contribution in [3.63, 3.8) is 0 Å². The molecule has 0 saturated carbocycles. The van der Waals surface area contributed by atoms with Crippen molar-refractivity contribution in [1.29, 1.82) is 0 Å². The van der Waals surface area contributed by atoms with Crippen molar-refractivity contribution >= 4 is 11.8 Å². The Hall–Kier alpha value is -3.33. The van der Waals surface area contributed by atoms with Crippen LogP contribution in [-0.4, -0.2) is 34.1 Å². The first-order valence-corrected chi connectivity index (χ1v) is 10.5. The van der Waals surface area contributed by atoms with Crippen molar-refractivity contribution in [3.05, 3.63) is 65.7 Å². The first-order chi connectivity index (χ1) is 15.6. The van der Waals surface area contributed by atoms with Gasteiger partial charge in [0, 0.05) is 18.2 Å². The molecular weight excluding hydrogens is 433 g/mol. The fourth-order valence-electron chi connectivity index (χ4n) is 3.21. The Labute approximate surface area is 190 Å². The van der Waals surface area contributed by atoms with Crippen LogP contribution in [0.3, 0.4) is 0 Å². The van der Waals surface area contributed by atoms with E-state index in [1.807, 2.05) is 45.0 Å². The van der Waals surface area contributed by atoms with E-state index in [0.29, 0.717) is 23.6 Å². The van der Waals surface area contributed by atoms with Crippen LogP contribution in [0.5, 0.6) is 5.75 Å². The van der Waals surface area contributed by atoms with Gasteiger partial charge in [0.15, 0.2) is 0 Å². The summed E-state index contributed by atoms with van der Waals surface area (Å²) < 4.78 is 42.0. The molecule has 0 aliphatic heterocycles. The van der Waals surface area contributed by atoms with E-state index in [4.69, 9.17) is 0 Å². The summed E-state index contributed by atoms with van der Waals surface area (Å²) in [6.45, 7) is 6.29. The molecule has 1 atom stereocenters. The smallest absolute Gasteiger partial charge is 0.406 e. The Balaban J connectivity index is 1.93. The first kappa shape index (κ1) is 24.3. The quantitative estimate of drug-likeness (QED) is 0.397. The molecule has 0 radical (unpaired) electrons. The van der Waals surface area contributed by atoms with E-state index in [0.717, 1.165) is 11.1 Å². The maximum absolute atomic E-state index is 12.7. The summed E-state index contributed by atoms with van der Waals surface area (Å²) in [5.41, 5.74) is 3.03. The third-order valence-electron chi connectivity index (χ3n) is 4.96. The maximum Gasteiger partial charge on any atom is 0.573 e. The predicted molar refractivity (Wildman–Crippen MR) is 122 cm³/mol. The molecule has 0 amide bonds. The van der Waals surface area contributed by atoms with Gasteiger partial charge in [0.2, 0.25) is 5.95 Å². The average Bonchev–Trinajstić information content (AvgIpc) is 2.75. The standard InChI is InChI=1S/C24H27F3N4O2/c1-15(2)21(14-32)30-23-29-20(18-8-5-9-19(11-18)33-24(25,26)27)12-22(31-23)28-13-17-7-4-6-16(3)10-17/h4-12,15,21,32H,13-14H2,1-3H3,(H2,28,29,30,31)/t21-/m1/s1. The number of hydrogen-bond donors (Lipinski definition) is 3. The molecule has 0 aliphatic carbocycles. The second kappa shape index (κ2) is 10.5. The highest BCUT2D eigenvalue weighted by Gasteiger charge is 2.31. The van der Waals surface area contributed by atoms with Gasteiger partial charge in [-0.3, -0.25) is 0 Å².